The van der Waals surface area contributed by atoms with Crippen LogP contribution in [0.2, 0.25) is 0 Å². The van der Waals surface area contributed by atoms with Gasteiger partial charge in [0.2, 0.25) is 11.8 Å². The van der Waals surface area contributed by atoms with Crippen LogP contribution in [0.3, 0.4) is 0 Å². The Bertz CT molecular complexity index is 912. The number of likely N-dealkylation sites (tertiary alicyclic amines) is 1. The third-order valence-electron chi connectivity index (χ3n) is 6.16. The van der Waals surface area contributed by atoms with Gasteiger partial charge in [0, 0.05) is 56.3 Å². The van der Waals surface area contributed by atoms with Crippen LogP contribution in [0.1, 0.15) is 23.1 Å². The van der Waals surface area contributed by atoms with E-state index in [0.29, 0.717) is 19.5 Å². The normalized spacial score (nSPS) is 19.6. The van der Waals surface area contributed by atoms with E-state index in [4.69, 9.17) is 0 Å². The summed E-state index contributed by atoms with van der Waals surface area (Å²) in [6.07, 6.45) is 1.11. The Kier molecular flexibility index (Phi) is 7.30. The van der Waals surface area contributed by atoms with E-state index >= 15 is 0 Å². The van der Waals surface area contributed by atoms with Gasteiger partial charge in [0.25, 0.3) is 0 Å². The zero-order valence-corrected chi connectivity index (χ0v) is 19.0. The molecular formula is C25H31N3O2S. The van der Waals surface area contributed by atoms with Crippen molar-refractivity contribution in [2.24, 2.45) is 5.92 Å². The second kappa shape index (κ2) is 10.3. The molecular weight excluding hydrogens is 406 g/mol. The van der Waals surface area contributed by atoms with Crippen LogP contribution in [-0.2, 0) is 22.6 Å². The fraction of sp³-hybridized carbons (Fsp3) is 0.440. The second-order valence-electron chi connectivity index (χ2n) is 8.50. The van der Waals surface area contributed by atoms with Crippen LogP contribution in [0.15, 0.2) is 48.5 Å². The maximum absolute atomic E-state index is 12.8. The Labute approximate surface area is 189 Å². The first kappa shape index (κ1) is 21.9. The molecule has 1 N–H and O–H groups in total. The first-order valence-electron chi connectivity index (χ1n) is 11.1. The number of carbonyl (C=O) groups excluding carboxylic acids is 2. The van der Waals surface area contributed by atoms with Crippen LogP contribution in [-0.4, -0.2) is 59.3 Å². The molecule has 0 bridgehead atoms. The lowest BCUT2D eigenvalue weighted by Crippen LogP contribution is -2.32. The summed E-state index contributed by atoms with van der Waals surface area (Å²) in [6, 6.07) is 16.4. The maximum atomic E-state index is 12.8. The molecule has 31 heavy (non-hydrogen) atoms. The molecule has 6 heteroatoms. The molecule has 0 aromatic heterocycles. The summed E-state index contributed by atoms with van der Waals surface area (Å²) in [5.74, 6) is 2.14. The van der Waals surface area contributed by atoms with Crippen LogP contribution < -0.4 is 5.32 Å². The predicted molar refractivity (Wildman–Crippen MR) is 127 cm³/mol. The zero-order valence-electron chi connectivity index (χ0n) is 18.2. The number of hydrogen-bond donors (Lipinski definition) is 1. The Morgan fingerprint density at radius 3 is 2.61 bits per heavy atom. The van der Waals surface area contributed by atoms with Crippen LogP contribution >= 0.6 is 11.8 Å². The van der Waals surface area contributed by atoms with E-state index in [1.165, 1.54) is 22.6 Å². The van der Waals surface area contributed by atoms with Crippen LogP contribution in [0.5, 0.6) is 0 Å². The number of nitrogens with zero attached hydrogens (tertiary/aromatic N) is 2. The molecule has 5 nitrogen and oxygen atoms in total. The average Bonchev–Trinajstić information content (AvgIpc) is 3.16. The number of carbonyl (C=O) groups is 2. The number of aryl methyl sites for hydroxylation is 1. The van der Waals surface area contributed by atoms with Crippen LogP contribution in [0.4, 0.5) is 5.69 Å². The van der Waals surface area contributed by atoms with Crippen molar-refractivity contribution in [3.63, 3.8) is 0 Å². The summed E-state index contributed by atoms with van der Waals surface area (Å²) in [5, 5.41) is 3.06. The highest BCUT2D eigenvalue weighted by Crippen LogP contribution is 2.23. The van der Waals surface area contributed by atoms with Gasteiger partial charge in [0.05, 0.1) is 5.92 Å². The maximum Gasteiger partial charge on any atom is 0.229 e. The molecule has 0 radical (unpaired) electrons. The quantitative estimate of drug-likeness (QED) is 0.720. The van der Waals surface area contributed by atoms with Crippen molar-refractivity contribution in [1.29, 1.82) is 0 Å². The van der Waals surface area contributed by atoms with Crippen LogP contribution in [0, 0.1) is 12.8 Å². The van der Waals surface area contributed by atoms with Crippen molar-refractivity contribution >= 4 is 29.3 Å². The molecule has 164 valence electrons. The van der Waals surface area contributed by atoms with Crippen LogP contribution in [0.25, 0.3) is 0 Å². The molecule has 2 heterocycles. The first-order valence-corrected chi connectivity index (χ1v) is 12.3. The zero-order chi connectivity index (χ0) is 21.6. The molecule has 4 rings (SSSR count). The standard InChI is InChI=1S/C25H31N3O2S/c1-19-15-21(17-27-11-13-31-14-12-27)7-8-23(19)26-25(30)22-16-24(29)28(18-22)10-9-20-5-3-2-4-6-20/h2-8,15,22H,9-14,16-18H2,1H3,(H,26,30). The molecule has 0 saturated carbocycles. The van der Waals surface area contributed by atoms with Gasteiger partial charge in [-0.2, -0.15) is 11.8 Å². The van der Waals surface area contributed by atoms with Gasteiger partial charge in [-0.05, 0) is 36.1 Å². The van der Waals surface area contributed by atoms with E-state index in [1.54, 1.807) is 0 Å². The lowest BCUT2D eigenvalue weighted by Gasteiger charge is -2.26. The third kappa shape index (κ3) is 5.89. The Hall–Kier alpha value is -2.31. The molecule has 1 unspecified atom stereocenters. The predicted octanol–water partition coefficient (Wildman–Crippen LogP) is 3.57. The van der Waals surface area contributed by atoms with Crippen molar-refractivity contribution in [3.8, 4) is 0 Å². The van der Waals surface area contributed by atoms with E-state index in [9.17, 15) is 9.59 Å². The Balaban J connectivity index is 1.30. The fourth-order valence-electron chi connectivity index (χ4n) is 4.29. The average molecular weight is 438 g/mol. The van der Waals surface area contributed by atoms with E-state index in [2.05, 4.69) is 34.5 Å². The summed E-state index contributed by atoms with van der Waals surface area (Å²) in [4.78, 5) is 29.5. The number of anilines is 1. The first-order chi connectivity index (χ1) is 15.1. The molecule has 2 aliphatic heterocycles. The highest BCUT2D eigenvalue weighted by Gasteiger charge is 2.34. The summed E-state index contributed by atoms with van der Waals surface area (Å²) >= 11 is 2.02. The monoisotopic (exact) mass is 437 g/mol. The third-order valence-corrected chi connectivity index (χ3v) is 7.10. The molecule has 2 aromatic carbocycles. The minimum absolute atomic E-state index is 0.0560. The van der Waals surface area contributed by atoms with Crippen molar-refractivity contribution in [1.82, 2.24) is 9.80 Å². The van der Waals surface area contributed by atoms with Gasteiger partial charge in [0.1, 0.15) is 0 Å². The number of amides is 2. The van der Waals surface area contributed by atoms with Gasteiger partial charge in [0.15, 0.2) is 0 Å². The van der Waals surface area contributed by atoms with E-state index < -0.39 is 0 Å². The smallest absolute Gasteiger partial charge is 0.229 e. The number of hydrogen-bond acceptors (Lipinski definition) is 4. The Morgan fingerprint density at radius 1 is 1.10 bits per heavy atom. The second-order valence-corrected chi connectivity index (χ2v) is 9.73. The number of nitrogens with one attached hydrogen (secondary N) is 1. The lowest BCUT2D eigenvalue weighted by molar-refractivity contribution is -0.128. The van der Waals surface area contributed by atoms with Crippen molar-refractivity contribution in [3.05, 3.63) is 65.2 Å². The minimum Gasteiger partial charge on any atom is -0.342 e. The molecule has 2 aliphatic rings. The van der Waals surface area contributed by atoms with E-state index in [0.717, 1.165) is 37.3 Å². The van der Waals surface area contributed by atoms with Gasteiger partial charge in [-0.1, -0.05) is 42.5 Å². The van der Waals surface area contributed by atoms with Gasteiger partial charge in [-0.3, -0.25) is 14.5 Å². The molecule has 2 fully saturated rings. The van der Waals surface area contributed by atoms with Crippen molar-refractivity contribution in [2.75, 3.05) is 43.0 Å². The molecule has 2 aromatic rings. The Morgan fingerprint density at radius 2 is 1.87 bits per heavy atom. The number of thioether (sulfide) groups is 1. The highest BCUT2D eigenvalue weighted by molar-refractivity contribution is 7.99. The summed E-state index contributed by atoms with van der Waals surface area (Å²) < 4.78 is 0. The summed E-state index contributed by atoms with van der Waals surface area (Å²) in [7, 11) is 0. The molecule has 0 spiro atoms. The summed E-state index contributed by atoms with van der Waals surface area (Å²) in [6.45, 7) is 6.44. The van der Waals surface area contributed by atoms with Crippen molar-refractivity contribution < 1.29 is 9.59 Å². The van der Waals surface area contributed by atoms with Gasteiger partial charge < -0.3 is 10.2 Å². The molecule has 2 saturated heterocycles. The van der Waals surface area contributed by atoms with Gasteiger partial charge in [-0.25, -0.2) is 0 Å². The largest absolute Gasteiger partial charge is 0.342 e. The number of benzene rings is 2. The van der Waals surface area contributed by atoms with Gasteiger partial charge in [-0.15, -0.1) is 0 Å². The molecule has 0 aliphatic carbocycles. The summed E-state index contributed by atoms with van der Waals surface area (Å²) in [5.41, 5.74) is 4.41. The van der Waals surface area contributed by atoms with E-state index in [-0.39, 0.29) is 17.7 Å². The van der Waals surface area contributed by atoms with Gasteiger partial charge >= 0.3 is 0 Å². The molecule has 2 amide bonds. The lowest BCUT2D eigenvalue weighted by atomic mass is 10.1. The number of rotatable bonds is 7. The minimum atomic E-state index is -0.284. The SMILES string of the molecule is Cc1cc(CN2CCSCC2)ccc1NC(=O)C1CC(=O)N(CCc2ccccc2)C1. The van der Waals surface area contributed by atoms with E-state index in [1.807, 2.05) is 47.9 Å². The fourth-order valence-corrected chi connectivity index (χ4v) is 5.27. The highest BCUT2D eigenvalue weighted by atomic mass is 32.2. The topological polar surface area (TPSA) is 52.7 Å². The van der Waals surface area contributed by atoms with Crippen molar-refractivity contribution in [2.45, 2.75) is 26.3 Å². The molecule has 1 atom stereocenters.